The van der Waals surface area contributed by atoms with Gasteiger partial charge in [0.25, 0.3) is 0 Å². The van der Waals surface area contributed by atoms with Gasteiger partial charge in [0.1, 0.15) is 12.1 Å². The first-order valence-corrected chi connectivity index (χ1v) is 5.71. The van der Waals surface area contributed by atoms with E-state index in [4.69, 9.17) is 0 Å². The summed E-state index contributed by atoms with van der Waals surface area (Å²) in [6, 6.07) is 2.05. The molecule has 1 saturated carbocycles. The molecule has 1 aromatic heterocycles. The molecule has 15 heavy (non-hydrogen) atoms. The molecule has 1 aliphatic rings. The monoisotopic (exact) mass is 205 g/mol. The summed E-state index contributed by atoms with van der Waals surface area (Å²) in [6.07, 6.45) is 5.28. The van der Waals surface area contributed by atoms with E-state index in [1.807, 2.05) is 6.07 Å². The van der Waals surface area contributed by atoms with Crippen molar-refractivity contribution in [3.05, 3.63) is 18.1 Å². The summed E-state index contributed by atoms with van der Waals surface area (Å²) >= 11 is 0. The van der Waals surface area contributed by atoms with E-state index in [0.717, 1.165) is 23.9 Å². The molecule has 1 fully saturated rings. The first-order chi connectivity index (χ1) is 7.12. The van der Waals surface area contributed by atoms with E-state index >= 15 is 0 Å². The molecule has 1 aliphatic carbocycles. The summed E-state index contributed by atoms with van der Waals surface area (Å²) in [7, 11) is 0. The molecule has 0 saturated heterocycles. The van der Waals surface area contributed by atoms with Crippen molar-refractivity contribution in [2.75, 3.05) is 5.32 Å². The van der Waals surface area contributed by atoms with E-state index in [1.165, 1.54) is 12.8 Å². The average Bonchev–Trinajstić information content (AvgIpc) is 3.00. The second-order valence-electron chi connectivity index (χ2n) is 4.87. The predicted octanol–water partition coefficient (Wildman–Crippen LogP) is 2.64. The lowest BCUT2D eigenvalue weighted by molar-refractivity contribution is 0.492. The second kappa shape index (κ2) is 3.80. The molecule has 0 aromatic carbocycles. The number of aromatic nitrogens is 2. The third kappa shape index (κ3) is 2.46. The summed E-state index contributed by atoms with van der Waals surface area (Å²) < 4.78 is 0. The maximum Gasteiger partial charge on any atom is 0.130 e. The van der Waals surface area contributed by atoms with Crippen molar-refractivity contribution in [3.8, 4) is 0 Å². The first-order valence-electron chi connectivity index (χ1n) is 5.71. The Bertz CT molecular complexity index is 342. The van der Waals surface area contributed by atoms with Gasteiger partial charge in [-0.2, -0.15) is 0 Å². The molecule has 1 N–H and O–H groups in total. The van der Waals surface area contributed by atoms with Gasteiger partial charge < -0.3 is 5.32 Å². The van der Waals surface area contributed by atoms with E-state index in [2.05, 4.69) is 36.1 Å². The van der Waals surface area contributed by atoms with Crippen molar-refractivity contribution in [2.24, 2.45) is 5.92 Å². The van der Waals surface area contributed by atoms with Crippen molar-refractivity contribution in [2.45, 2.75) is 45.6 Å². The highest BCUT2D eigenvalue weighted by Crippen LogP contribution is 2.40. The standard InChI is InChI=1S/C12H19N3/c1-4-10-7-11(14-8-13-10)15-12(2,3)9-5-6-9/h7-9H,4-6H2,1-3H3,(H,13,14,15). The van der Waals surface area contributed by atoms with Crippen LogP contribution in [0.15, 0.2) is 12.4 Å². The number of nitrogens with zero attached hydrogens (tertiary/aromatic N) is 2. The molecule has 0 unspecified atom stereocenters. The topological polar surface area (TPSA) is 37.8 Å². The number of anilines is 1. The van der Waals surface area contributed by atoms with Gasteiger partial charge in [-0.05, 0) is 39.0 Å². The number of hydrogen-bond donors (Lipinski definition) is 1. The van der Waals surface area contributed by atoms with E-state index in [0.29, 0.717) is 0 Å². The fraction of sp³-hybridized carbons (Fsp3) is 0.667. The molecule has 0 atom stereocenters. The number of nitrogens with one attached hydrogen (secondary N) is 1. The minimum Gasteiger partial charge on any atom is -0.365 e. The highest BCUT2D eigenvalue weighted by Gasteiger charge is 2.37. The van der Waals surface area contributed by atoms with Crippen LogP contribution in [-0.4, -0.2) is 15.5 Å². The lowest BCUT2D eigenvalue weighted by Gasteiger charge is -2.26. The Labute approximate surface area is 91.3 Å². The highest BCUT2D eigenvalue weighted by molar-refractivity contribution is 5.38. The van der Waals surface area contributed by atoms with Gasteiger partial charge in [-0.25, -0.2) is 9.97 Å². The third-order valence-corrected chi connectivity index (χ3v) is 3.13. The van der Waals surface area contributed by atoms with Gasteiger partial charge in [0, 0.05) is 17.3 Å². The van der Waals surface area contributed by atoms with Crippen molar-refractivity contribution in [3.63, 3.8) is 0 Å². The van der Waals surface area contributed by atoms with Gasteiger partial charge in [-0.15, -0.1) is 0 Å². The molecule has 0 spiro atoms. The van der Waals surface area contributed by atoms with Crippen LogP contribution in [0.5, 0.6) is 0 Å². The molecular formula is C12H19N3. The molecular weight excluding hydrogens is 186 g/mol. The highest BCUT2D eigenvalue weighted by atomic mass is 15.1. The van der Waals surface area contributed by atoms with Crippen LogP contribution in [0.1, 0.15) is 39.3 Å². The lowest BCUT2D eigenvalue weighted by Crippen LogP contribution is -2.33. The van der Waals surface area contributed by atoms with Crippen LogP contribution in [0.25, 0.3) is 0 Å². The fourth-order valence-electron chi connectivity index (χ4n) is 1.90. The SMILES string of the molecule is CCc1cc(NC(C)(C)C2CC2)ncn1. The van der Waals surface area contributed by atoms with Crippen LogP contribution < -0.4 is 5.32 Å². The molecule has 2 rings (SSSR count). The van der Waals surface area contributed by atoms with Gasteiger partial charge in [0.05, 0.1) is 0 Å². The predicted molar refractivity (Wildman–Crippen MR) is 61.8 cm³/mol. The second-order valence-corrected chi connectivity index (χ2v) is 4.87. The van der Waals surface area contributed by atoms with E-state index < -0.39 is 0 Å². The van der Waals surface area contributed by atoms with E-state index in [-0.39, 0.29) is 5.54 Å². The summed E-state index contributed by atoms with van der Waals surface area (Å²) in [5.41, 5.74) is 1.26. The van der Waals surface area contributed by atoms with Gasteiger partial charge in [0.2, 0.25) is 0 Å². The fourth-order valence-corrected chi connectivity index (χ4v) is 1.90. The zero-order valence-electron chi connectivity index (χ0n) is 9.75. The van der Waals surface area contributed by atoms with Crippen molar-refractivity contribution in [1.82, 2.24) is 9.97 Å². The molecule has 0 amide bonds. The molecule has 1 aromatic rings. The van der Waals surface area contributed by atoms with Crippen LogP contribution in [0.4, 0.5) is 5.82 Å². The Balaban J connectivity index is 2.09. The van der Waals surface area contributed by atoms with Crippen LogP contribution in [0.3, 0.4) is 0 Å². The van der Waals surface area contributed by atoms with Crippen LogP contribution in [-0.2, 0) is 6.42 Å². The Hall–Kier alpha value is -1.12. The third-order valence-electron chi connectivity index (χ3n) is 3.13. The minimum absolute atomic E-state index is 0.166. The van der Waals surface area contributed by atoms with Crippen molar-refractivity contribution < 1.29 is 0 Å². The zero-order chi connectivity index (χ0) is 10.9. The van der Waals surface area contributed by atoms with Crippen molar-refractivity contribution in [1.29, 1.82) is 0 Å². The summed E-state index contributed by atoms with van der Waals surface area (Å²) in [5.74, 6) is 1.76. The summed E-state index contributed by atoms with van der Waals surface area (Å²) in [4.78, 5) is 8.46. The summed E-state index contributed by atoms with van der Waals surface area (Å²) in [6.45, 7) is 6.61. The summed E-state index contributed by atoms with van der Waals surface area (Å²) in [5, 5.41) is 3.50. The number of aryl methyl sites for hydroxylation is 1. The van der Waals surface area contributed by atoms with Gasteiger partial charge in [0.15, 0.2) is 0 Å². The van der Waals surface area contributed by atoms with Crippen LogP contribution in [0.2, 0.25) is 0 Å². The van der Waals surface area contributed by atoms with E-state index in [9.17, 15) is 0 Å². The zero-order valence-corrected chi connectivity index (χ0v) is 9.75. The molecule has 0 bridgehead atoms. The van der Waals surface area contributed by atoms with Gasteiger partial charge in [-0.3, -0.25) is 0 Å². The first kappa shape index (κ1) is 10.4. The molecule has 0 radical (unpaired) electrons. The Morgan fingerprint density at radius 1 is 1.40 bits per heavy atom. The lowest BCUT2D eigenvalue weighted by atomic mass is 9.99. The van der Waals surface area contributed by atoms with E-state index in [1.54, 1.807) is 6.33 Å². The average molecular weight is 205 g/mol. The van der Waals surface area contributed by atoms with Crippen LogP contribution >= 0.6 is 0 Å². The molecule has 3 heteroatoms. The molecule has 0 aliphatic heterocycles. The molecule has 3 nitrogen and oxygen atoms in total. The Kier molecular flexibility index (Phi) is 2.63. The van der Waals surface area contributed by atoms with Crippen LogP contribution in [0, 0.1) is 5.92 Å². The minimum atomic E-state index is 0.166. The van der Waals surface area contributed by atoms with Crippen molar-refractivity contribution >= 4 is 5.82 Å². The Morgan fingerprint density at radius 3 is 2.73 bits per heavy atom. The normalized spacial score (nSPS) is 16.5. The largest absolute Gasteiger partial charge is 0.365 e. The number of rotatable bonds is 4. The van der Waals surface area contributed by atoms with Gasteiger partial charge in [-0.1, -0.05) is 6.92 Å². The maximum atomic E-state index is 4.26. The quantitative estimate of drug-likeness (QED) is 0.821. The van der Waals surface area contributed by atoms with Gasteiger partial charge >= 0.3 is 0 Å². The Morgan fingerprint density at radius 2 is 2.13 bits per heavy atom. The molecule has 82 valence electrons. The maximum absolute atomic E-state index is 4.26. The smallest absolute Gasteiger partial charge is 0.130 e. The molecule has 1 heterocycles. The number of hydrogen-bond acceptors (Lipinski definition) is 3.